The van der Waals surface area contributed by atoms with Gasteiger partial charge in [0.2, 0.25) is 0 Å². The molecule has 0 unspecified atom stereocenters. The largest absolute Gasteiger partial charge is 0.491 e. The second-order valence-electron chi connectivity index (χ2n) is 4.10. The molecule has 0 heterocycles. The first kappa shape index (κ1) is 12.1. The maximum atomic E-state index is 11.7. The Morgan fingerprint density at radius 2 is 2.12 bits per heavy atom. The molecule has 1 aromatic rings. The molecule has 3 nitrogen and oxygen atoms in total. The van der Waals surface area contributed by atoms with Gasteiger partial charge in [-0.25, -0.2) is 0 Å². The fourth-order valence-corrected chi connectivity index (χ4v) is 2.14. The number of fused-ring (bicyclic) bond motifs is 1. The highest BCUT2D eigenvalue weighted by molar-refractivity contribution is 5.99. The number of hydrogen-bond donors (Lipinski definition) is 0. The van der Waals surface area contributed by atoms with Crippen LogP contribution in [0.3, 0.4) is 0 Å². The summed E-state index contributed by atoms with van der Waals surface area (Å²) in [6, 6.07) is 5.72. The van der Waals surface area contributed by atoms with Crippen molar-refractivity contribution in [2.45, 2.75) is 26.2 Å². The molecular weight excluding hydrogens is 216 g/mol. The summed E-state index contributed by atoms with van der Waals surface area (Å²) in [6.07, 6.45) is 2.53. The van der Waals surface area contributed by atoms with E-state index in [2.05, 4.69) is 0 Å². The van der Waals surface area contributed by atoms with E-state index in [4.69, 9.17) is 9.47 Å². The van der Waals surface area contributed by atoms with E-state index >= 15 is 0 Å². The van der Waals surface area contributed by atoms with Gasteiger partial charge in [-0.3, -0.25) is 4.79 Å². The Bertz CT molecular complexity index is 398. The highest BCUT2D eigenvalue weighted by atomic mass is 16.5. The minimum Gasteiger partial charge on any atom is -0.491 e. The van der Waals surface area contributed by atoms with Crippen LogP contribution in [-0.4, -0.2) is 25.6 Å². The molecular formula is C14H18O3. The average molecular weight is 234 g/mol. The molecule has 92 valence electrons. The van der Waals surface area contributed by atoms with E-state index in [-0.39, 0.29) is 5.78 Å². The molecule has 1 aliphatic carbocycles. The zero-order valence-corrected chi connectivity index (χ0v) is 10.2. The summed E-state index contributed by atoms with van der Waals surface area (Å²) >= 11 is 0. The molecule has 0 spiro atoms. The quantitative estimate of drug-likeness (QED) is 0.735. The van der Waals surface area contributed by atoms with E-state index < -0.39 is 0 Å². The molecule has 0 saturated carbocycles. The molecule has 17 heavy (non-hydrogen) atoms. The monoisotopic (exact) mass is 234 g/mol. The SMILES string of the molecule is CCOCCOc1cccc2c1CCCC2=O. The molecule has 0 fully saturated rings. The van der Waals surface area contributed by atoms with Gasteiger partial charge in [-0.15, -0.1) is 0 Å². The highest BCUT2D eigenvalue weighted by Gasteiger charge is 2.19. The highest BCUT2D eigenvalue weighted by Crippen LogP contribution is 2.29. The summed E-state index contributed by atoms with van der Waals surface area (Å²) < 4.78 is 10.9. The van der Waals surface area contributed by atoms with Gasteiger partial charge in [0.1, 0.15) is 12.4 Å². The smallest absolute Gasteiger partial charge is 0.163 e. The molecule has 0 atom stereocenters. The lowest BCUT2D eigenvalue weighted by molar-refractivity contribution is 0.0968. The summed E-state index contributed by atoms with van der Waals surface area (Å²) in [6.45, 7) is 3.80. The molecule has 0 N–H and O–H groups in total. The Kier molecular flexibility index (Phi) is 4.15. The molecule has 1 aliphatic rings. The first-order valence-electron chi connectivity index (χ1n) is 6.18. The van der Waals surface area contributed by atoms with Crippen molar-refractivity contribution in [2.75, 3.05) is 19.8 Å². The van der Waals surface area contributed by atoms with Crippen molar-refractivity contribution in [1.29, 1.82) is 0 Å². The van der Waals surface area contributed by atoms with Gasteiger partial charge in [0, 0.05) is 24.2 Å². The van der Waals surface area contributed by atoms with Gasteiger partial charge in [0.05, 0.1) is 6.61 Å². The molecule has 0 aliphatic heterocycles. The third-order valence-corrected chi connectivity index (χ3v) is 2.95. The van der Waals surface area contributed by atoms with Crippen molar-refractivity contribution < 1.29 is 14.3 Å². The van der Waals surface area contributed by atoms with E-state index in [0.29, 0.717) is 26.2 Å². The summed E-state index contributed by atoms with van der Waals surface area (Å²) in [5, 5.41) is 0. The number of ether oxygens (including phenoxy) is 2. The molecule has 0 bridgehead atoms. The van der Waals surface area contributed by atoms with Crippen molar-refractivity contribution in [3.63, 3.8) is 0 Å². The van der Waals surface area contributed by atoms with E-state index in [1.54, 1.807) is 0 Å². The normalized spacial score (nSPS) is 14.5. The van der Waals surface area contributed by atoms with Gasteiger partial charge in [-0.05, 0) is 25.8 Å². The van der Waals surface area contributed by atoms with E-state index in [1.165, 1.54) is 0 Å². The third kappa shape index (κ3) is 2.86. The molecule has 2 rings (SSSR count). The lowest BCUT2D eigenvalue weighted by Crippen LogP contribution is -2.14. The predicted molar refractivity (Wildman–Crippen MR) is 65.7 cm³/mol. The van der Waals surface area contributed by atoms with Gasteiger partial charge in [0.15, 0.2) is 5.78 Å². The molecule has 0 radical (unpaired) electrons. The second kappa shape index (κ2) is 5.82. The summed E-state index contributed by atoms with van der Waals surface area (Å²) in [5.41, 5.74) is 1.91. The Balaban J connectivity index is 2.07. The first-order chi connectivity index (χ1) is 8.33. The van der Waals surface area contributed by atoms with Crippen LogP contribution in [0.4, 0.5) is 0 Å². The van der Waals surface area contributed by atoms with Crippen LogP contribution in [0.25, 0.3) is 0 Å². The third-order valence-electron chi connectivity index (χ3n) is 2.95. The maximum Gasteiger partial charge on any atom is 0.163 e. The minimum absolute atomic E-state index is 0.238. The maximum absolute atomic E-state index is 11.7. The van der Waals surface area contributed by atoms with Crippen LogP contribution < -0.4 is 4.74 Å². The number of carbonyl (C=O) groups is 1. The fourth-order valence-electron chi connectivity index (χ4n) is 2.14. The number of hydrogen-bond acceptors (Lipinski definition) is 3. The first-order valence-corrected chi connectivity index (χ1v) is 6.18. The van der Waals surface area contributed by atoms with Crippen molar-refractivity contribution in [3.05, 3.63) is 29.3 Å². The minimum atomic E-state index is 0.238. The molecule has 3 heteroatoms. The van der Waals surface area contributed by atoms with Crippen molar-refractivity contribution >= 4 is 5.78 Å². The van der Waals surface area contributed by atoms with Crippen molar-refractivity contribution in [3.8, 4) is 5.75 Å². The summed E-state index contributed by atoms with van der Waals surface area (Å²) in [7, 11) is 0. The topological polar surface area (TPSA) is 35.5 Å². The van der Waals surface area contributed by atoms with Crippen molar-refractivity contribution in [2.24, 2.45) is 0 Å². The molecule has 1 aromatic carbocycles. The second-order valence-corrected chi connectivity index (χ2v) is 4.10. The Morgan fingerprint density at radius 1 is 1.24 bits per heavy atom. The zero-order valence-electron chi connectivity index (χ0n) is 10.2. The Hall–Kier alpha value is -1.35. The summed E-state index contributed by atoms with van der Waals surface area (Å²) in [5.74, 6) is 1.08. The van der Waals surface area contributed by atoms with Crippen molar-refractivity contribution in [1.82, 2.24) is 0 Å². The molecule has 0 saturated heterocycles. The summed E-state index contributed by atoms with van der Waals surface area (Å²) in [4.78, 5) is 11.7. The van der Waals surface area contributed by atoms with E-state index in [1.807, 2.05) is 25.1 Å². The van der Waals surface area contributed by atoms with Gasteiger partial charge in [-0.2, -0.15) is 0 Å². The predicted octanol–water partition coefficient (Wildman–Crippen LogP) is 2.62. The molecule has 0 amide bonds. The lowest BCUT2D eigenvalue weighted by atomic mass is 9.90. The van der Waals surface area contributed by atoms with Gasteiger partial charge in [-0.1, -0.05) is 12.1 Å². The fraction of sp³-hybridized carbons (Fsp3) is 0.500. The van der Waals surface area contributed by atoms with Crippen LogP contribution in [0.2, 0.25) is 0 Å². The standard InChI is InChI=1S/C14H18O3/c1-2-16-9-10-17-14-8-4-5-11-12(14)6-3-7-13(11)15/h4-5,8H,2-3,6-7,9-10H2,1H3. The Labute approximate surface area is 102 Å². The number of ketones is 1. The van der Waals surface area contributed by atoms with Crippen LogP contribution in [0.1, 0.15) is 35.7 Å². The molecule has 0 aromatic heterocycles. The number of Topliss-reactive ketones (excluding diaryl/α,β-unsaturated/α-hetero) is 1. The van der Waals surface area contributed by atoms with E-state index in [9.17, 15) is 4.79 Å². The van der Waals surface area contributed by atoms with E-state index in [0.717, 1.165) is 29.7 Å². The number of benzene rings is 1. The lowest BCUT2D eigenvalue weighted by Gasteiger charge is -2.18. The van der Waals surface area contributed by atoms with Crippen LogP contribution in [0.5, 0.6) is 5.75 Å². The van der Waals surface area contributed by atoms with Gasteiger partial charge in [0.25, 0.3) is 0 Å². The van der Waals surface area contributed by atoms with Crippen LogP contribution in [0.15, 0.2) is 18.2 Å². The zero-order chi connectivity index (χ0) is 12.1. The van der Waals surface area contributed by atoms with Gasteiger partial charge < -0.3 is 9.47 Å². The van der Waals surface area contributed by atoms with Gasteiger partial charge >= 0.3 is 0 Å². The van der Waals surface area contributed by atoms with Crippen LogP contribution >= 0.6 is 0 Å². The Morgan fingerprint density at radius 3 is 2.94 bits per heavy atom. The van der Waals surface area contributed by atoms with Crippen LogP contribution in [-0.2, 0) is 11.2 Å². The number of carbonyl (C=O) groups excluding carboxylic acids is 1. The van der Waals surface area contributed by atoms with Crippen LogP contribution in [0, 0.1) is 0 Å². The number of rotatable bonds is 5. The average Bonchev–Trinajstić information content (AvgIpc) is 2.36.